The number of carboxylic acid groups (broad SMARTS) is 1. The van der Waals surface area contributed by atoms with E-state index in [0.29, 0.717) is 63.3 Å². The number of carbonyl (C=O) groups excluding carboxylic acids is 2. The molecule has 0 saturated heterocycles. The van der Waals surface area contributed by atoms with Crippen LogP contribution in [0.1, 0.15) is 109 Å². The zero-order valence-electron chi connectivity index (χ0n) is 33.0. The van der Waals surface area contributed by atoms with Gasteiger partial charge in [-0.25, -0.2) is 9.97 Å². The third kappa shape index (κ3) is 9.09. The van der Waals surface area contributed by atoms with Crippen molar-refractivity contribution in [2.45, 2.75) is 96.6 Å². The molecule has 2 aromatic carbocycles. The van der Waals surface area contributed by atoms with Gasteiger partial charge in [0, 0.05) is 62.7 Å². The second-order valence-electron chi connectivity index (χ2n) is 16.3. The zero-order chi connectivity index (χ0) is 40.4. The van der Waals surface area contributed by atoms with Crippen LogP contribution >= 0.6 is 23.2 Å². The molecule has 14 heteroatoms. The minimum absolute atomic E-state index is 0.172. The van der Waals surface area contributed by atoms with Crippen LogP contribution in [0.15, 0.2) is 36.4 Å². The molecule has 0 bridgehead atoms. The Morgan fingerprint density at radius 2 is 1.32 bits per heavy atom. The molecule has 0 spiro atoms. The van der Waals surface area contributed by atoms with Crippen LogP contribution in [0, 0.1) is 17.8 Å². The standard InChI is InChI=1S/C43H53Cl2N7O5/c1-25(53)23-52-22-21-36-34(24-52)47-40(51(36)3)42(55)49-33-12-6-9-30(38(33)45)29-8-5-11-32(37(29)44)48-41(54)39-46-31-10-4-7-26(17-20-35(31)50(39)2)13-14-27-15-18-28(19-16-27)43(56)57/h5-6,8-9,11-12,25-28,53H,4,7,10,13-24H2,1-3H3,(H,48,54)(H,49,55)(H,56,57)/t25-,26?,27?,28?/m0/s1. The Morgan fingerprint density at radius 3 is 1.88 bits per heavy atom. The first-order valence-corrected chi connectivity index (χ1v) is 21.1. The summed E-state index contributed by atoms with van der Waals surface area (Å²) in [6.07, 6.45) is 11.1. The predicted molar refractivity (Wildman–Crippen MR) is 222 cm³/mol. The van der Waals surface area contributed by atoms with Crippen molar-refractivity contribution in [1.29, 1.82) is 0 Å². The number of hydrogen-bond donors (Lipinski definition) is 4. The maximum atomic E-state index is 13.8. The highest BCUT2D eigenvalue weighted by Crippen LogP contribution is 2.41. The van der Waals surface area contributed by atoms with Gasteiger partial charge in [-0.1, -0.05) is 66.7 Å². The number of fused-ring (bicyclic) bond motifs is 2. The van der Waals surface area contributed by atoms with Crippen LogP contribution in [0.25, 0.3) is 11.1 Å². The van der Waals surface area contributed by atoms with Crippen molar-refractivity contribution < 1.29 is 24.6 Å². The second kappa shape index (κ2) is 17.7. The number of β-amino-alcohol motifs (C(OH)–C–C–N with tert-alkyl or cyclic N) is 1. The minimum atomic E-state index is -0.650. The topological polar surface area (TPSA) is 155 Å². The highest BCUT2D eigenvalue weighted by atomic mass is 35.5. The lowest BCUT2D eigenvalue weighted by Crippen LogP contribution is -2.36. The molecule has 1 fully saturated rings. The van der Waals surface area contributed by atoms with Crippen LogP contribution in [0.5, 0.6) is 0 Å². The number of carbonyl (C=O) groups is 3. The number of carboxylic acids is 1. The van der Waals surface area contributed by atoms with Crippen molar-refractivity contribution in [1.82, 2.24) is 24.0 Å². The first-order valence-electron chi connectivity index (χ1n) is 20.3. The van der Waals surface area contributed by atoms with Crippen LogP contribution in [0.2, 0.25) is 10.0 Å². The number of benzene rings is 2. The summed E-state index contributed by atoms with van der Waals surface area (Å²) in [4.78, 5) is 50.3. The van der Waals surface area contributed by atoms with Gasteiger partial charge >= 0.3 is 5.97 Å². The average Bonchev–Trinajstić information content (AvgIpc) is 3.67. The number of aromatic nitrogens is 4. The van der Waals surface area contributed by atoms with Gasteiger partial charge in [-0.15, -0.1) is 0 Å². The number of rotatable bonds is 11. The van der Waals surface area contributed by atoms with E-state index in [4.69, 9.17) is 28.2 Å². The third-order valence-corrected chi connectivity index (χ3v) is 13.2. The molecule has 1 aliphatic heterocycles. The number of hydrogen-bond acceptors (Lipinski definition) is 7. The highest BCUT2D eigenvalue weighted by molar-refractivity contribution is 6.40. The molecule has 7 rings (SSSR count). The molecule has 2 amide bonds. The minimum Gasteiger partial charge on any atom is -0.481 e. The van der Waals surface area contributed by atoms with Gasteiger partial charge in [0.2, 0.25) is 0 Å². The summed E-state index contributed by atoms with van der Waals surface area (Å²) in [7, 11) is 3.74. The Balaban J connectivity index is 1.00. The maximum Gasteiger partial charge on any atom is 0.306 e. The number of amides is 2. The number of aliphatic hydroxyl groups is 1. The summed E-state index contributed by atoms with van der Waals surface area (Å²) in [6, 6.07) is 10.7. The fourth-order valence-electron chi connectivity index (χ4n) is 9.15. The van der Waals surface area contributed by atoms with Crippen LogP contribution < -0.4 is 10.6 Å². The number of nitrogens with zero attached hydrogens (tertiary/aromatic N) is 5. The lowest BCUT2D eigenvalue weighted by Gasteiger charge is -2.28. The molecule has 4 aromatic rings. The molecule has 4 N–H and O–H groups in total. The van der Waals surface area contributed by atoms with E-state index in [2.05, 4.69) is 20.5 Å². The first kappa shape index (κ1) is 40.9. The number of aliphatic carboxylic acids is 1. The molecule has 2 aromatic heterocycles. The molecule has 304 valence electrons. The van der Waals surface area contributed by atoms with Gasteiger partial charge in [0.05, 0.1) is 44.8 Å². The molecule has 12 nitrogen and oxygen atoms in total. The highest BCUT2D eigenvalue weighted by Gasteiger charge is 2.29. The second-order valence-corrected chi connectivity index (χ2v) is 17.0. The molecule has 3 aliphatic rings. The van der Waals surface area contributed by atoms with Crippen molar-refractivity contribution in [2.24, 2.45) is 31.8 Å². The average molecular weight is 819 g/mol. The summed E-state index contributed by atoms with van der Waals surface area (Å²) < 4.78 is 3.74. The quantitative estimate of drug-likeness (QED) is 0.119. The van der Waals surface area contributed by atoms with Crippen molar-refractivity contribution >= 4 is 52.4 Å². The van der Waals surface area contributed by atoms with Gasteiger partial charge < -0.3 is 30.0 Å². The van der Waals surface area contributed by atoms with Crippen molar-refractivity contribution in [3.05, 3.63) is 80.9 Å². The fraction of sp³-hybridized carbons (Fsp3) is 0.512. The summed E-state index contributed by atoms with van der Waals surface area (Å²) in [5.74, 6) is 0.280. The van der Waals surface area contributed by atoms with Crippen LogP contribution in [-0.4, -0.2) is 71.2 Å². The summed E-state index contributed by atoms with van der Waals surface area (Å²) in [5.41, 5.74) is 5.90. The Labute approximate surface area is 344 Å². The smallest absolute Gasteiger partial charge is 0.306 e. The van der Waals surface area contributed by atoms with Crippen molar-refractivity contribution in [3.63, 3.8) is 0 Å². The molecule has 1 unspecified atom stereocenters. The molecule has 3 heterocycles. The fourth-order valence-corrected chi connectivity index (χ4v) is 9.70. The SMILES string of the molecule is C[C@H](O)CN1CCc2c(nc(C(=O)Nc3cccc(-c4cccc(NC(=O)c5nc6c(n5C)CCC(CCC5CCC(C(=O)O)CC5)CCC6)c4Cl)c3Cl)n2C)C1. The molecule has 2 atom stereocenters. The van der Waals surface area contributed by atoms with E-state index in [-0.39, 0.29) is 17.6 Å². The Bertz CT molecular complexity index is 2140. The van der Waals surface area contributed by atoms with E-state index in [9.17, 15) is 24.6 Å². The summed E-state index contributed by atoms with van der Waals surface area (Å²) in [6.45, 7) is 3.64. The molecular formula is C43H53Cl2N7O5. The van der Waals surface area contributed by atoms with Crippen LogP contribution in [-0.2, 0) is 44.7 Å². The number of aryl methyl sites for hydroxylation is 1. The summed E-state index contributed by atoms with van der Waals surface area (Å²) in [5, 5.41) is 25.7. The van der Waals surface area contributed by atoms with E-state index in [1.807, 2.05) is 35.4 Å². The van der Waals surface area contributed by atoms with E-state index in [1.54, 1.807) is 31.2 Å². The zero-order valence-corrected chi connectivity index (χ0v) is 34.5. The largest absolute Gasteiger partial charge is 0.481 e. The van der Waals surface area contributed by atoms with Crippen LogP contribution in [0.3, 0.4) is 0 Å². The van der Waals surface area contributed by atoms with Gasteiger partial charge in [0.1, 0.15) is 0 Å². The summed E-state index contributed by atoms with van der Waals surface area (Å²) >= 11 is 13.9. The van der Waals surface area contributed by atoms with E-state index in [1.165, 1.54) is 0 Å². The lowest BCUT2D eigenvalue weighted by atomic mass is 9.78. The number of nitrogens with one attached hydrogen (secondary N) is 2. The number of imidazole rings is 2. The predicted octanol–water partition coefficient (Wildman–Crippen LogP) is 7.93. The van der Waals surface area contributed by atoms with E-state index in [0.717, 1.165) is 106 Å². The lowest BCUT2D eigenvalue weighted by molar-refractivity contribution is -0.143. The molecule has 0 radical (unpaired) electrons. The van der Waals surface area contributed by atoms with Gasteiger partial charge in [-0.2, -0.15) is 0 Å². The van der Waals surface area contributed by atoms with Gasteiger partial charge in [-0.05, 0) is 82.3 Å². The maximum absolute atomic E-state index is 13.8. The Morgan fingerprint density at radius 1 is 0.772 bits per heavy atom. The van der Waals surface area contributed by atoms with Gasteiger partial charge in [0.15, 0.2) is 11.6 Å². The van der Waals surface area contributed by atoms with E-state index < -0.39 is 18.0 Å². The first-order chi connectivity index (χ1) is 27.4. The number of anilines is 2. The molecule has 2 aliphatic carbocycles. The number of aliphatic hydroxyl groups excluding tert-OH is 1. The van der Waals surface area contributed by atoms with Crippen molar-refractivity contribution in [3.8, 4) is 11.1 Å². The normalized spacial score (nSPS) is 20.5. The van der Waals surface area contributed by atoms with Crippen molar-refractivity contribution in [2.75, 3.05) is 23.7 Å². The van der Waals surface area contributed by atoms with Gasteiger partial charge in [0.25, 0.3) is 11.8 Å². The van der Waals surface area contributed by atoms with Gasteiger partial charge in [-0.3, -0.25) is 19.3 Å². The Hall–Kier alpha value is -4.23. The Kier molecular flexibility index (Phi) is 12.7. The molecule has 1 saturated carbocycles. The monoisotopic (exact) mass is 817 g/mol. The molecule has 57 heavy (non-hydrogen) atoms. The number of halogens is 2. The third-order valence-electron chi connectivity index (χ3n) is 12.3. The van der Waals surface area contributed by atoms with Crippen LogP contribution in [0.4, 0.5) is 11.4 Å². The van der Waals surface area contributed by atoms with E-state index >= 15 is 0 Å². The molecular weight excluding hydrogens is 765 g/mol.